The first-order chi connectivity index (χ1) is 11.3. The Balaban J connectivity index is 3.16. The number of aliphatic carboxylic acids is 1. The Bertz CT molecular complexity index is 677. The third-order valence-electron chi connectivity index (χ3n) is 3.92. The molecular formula is C20H26O5. The normalized spacial score (nSPS) is 12.1. The minimum Gasteiger partial charge on any atom is -0.472 e. The Morgan fingerprint density at radius 1 is 0.920 bits per heavy atom. The Morgan fingerprint density at radius 3 is 1.76 bits per heavy atom. The van der Waals surface area contributed by atoms with Crippen LogP contribution in [0.15, 0.2) is 24.3 Å². The molecule has 0 saturated carbocycles. The number of ketones is 1. The summed E-state index contributed by atoms with van der Waals surface area (Å²) in [7, 11) is 1.62. The summed E-state index contributed by atoms with van der Waals surface area (Å²) in [6, 6.07) is 6.42. The molecule has 0 heterocycles. The summed E-state index contributed by atoms with van der Waals surface area (Å²) in [5.74, 6) is 1.64. The van der Waals surface area contributed by atoms with Gasteiger partial charge in [-0.05, 0) is 30.2 Å². The van der Waals surface area contributed by atoms with Crippen LogP contribution in [0.25, 0.3) is 0 Å². The second-order valence-electron chi connectivity index (χ2n) is 7.83. The molecule has 0 fully saturated rings. The van der Waals surface area contributed by atoms with E-state index in [1.54, 1.807) is 31.4 Å². The molecule has 0 atom stereocenters. The highest BCUT2D eigenvalue weighted by Crippen LogP contribution is 2.47. The summed E-state index contributed by atoms with van der Waals surface area (Å²) >= 11 is 0. The standard InChI is InChI=1S/C20H26O5/c1-18(2,3)20(24-7,19(4,5)6)25-15-10-8-14(9-11-15)16(21)12-13-17(22)23/h8-11H,1-7H3,(H,22,23). The maximum Gasteiger partial charge on any atom is 0.382 e. The number of Topliss-reactive ketones (excluding diaryl/α,β-unsaturated/α-hetero) is 1. The van der Waals surface area contributed by atoms with Crippen molar-refractivity contribution in [3.05, 3.63) is 29.8 Å². The molecule has 1 rings (SSSR count). The maximum absolute atomic E-state index is 11.8. The Labute approximate surface area is 149 Å². The zero-order valence-electron chi connectivity index (χ0n) is 15.9. The second-order valence-corrected chi connectivity index (χ2v) is 7.83. The fourth-order valence-electron chi connectivity index (χ4n) is 3.11. The maximum atomic E-state index is 11.8. The summed E-state index contributed by atoms with van der Waals surface area (Å²) in [6.07, 6.45) is 0. The van der Waals surface area contributed by atoms with Crippen LogP contribution in [0.5, 0.6) is 5.75 Å². The number of rotatable bonds is 4. The lowest BCUT2D eigenvalue weighted by Gasteiger charge is -2.51. The van der Waals surface area contributed by atoms with Gasteiger partial charge in [-0.3, -0.25) is 4.79 Å². The van der Waals surface area contributed by atoms with Gasteiger partial charge in [0.15, 0.2) is 0 Å². The van der Waals surface area contributed by atoms with Gasteiger partial charge in [-0.2, -0.15) is 0 Å². The van der Waals surface area contributed by atoms with E-state index in [9.17, 15) is 9.59 Å². The predicted molar refractivity (Wildman–Crippen MR) is 95.5 cm³/mol. The molecular weight excluding hydrogens is 320 g/mol. The van der Waals surface area contributed by atoms with Gasteiger partial charge < -0.3 is 14.6 Å². The molecule has 0 unspecified atom stereocenters. The molecule has 0 radical (unpaired) electrons. The average molecular weight is 346 g/mol. The lowest BCUT2D eigenvalue weighted by atomic mass is 9.70. The van der Waals surface area contributed by atoms with E-state index in [0.29, 0.717) is 11.3 Å². The number of hydrogen-bond acceptors (Lipinski definition) is 4. The first-order valence-corrected chi connectivity index (χ1v) is 7.97. The largest absolute Gasteiger partial charge is 0.472 e. The van der Waals surface area contributed by atoms with Gasteiger partial charge in [0.05, 0.1) is 0 Å². The molecule has 0 spiro atoms. The molecule has 25 heavy (non-hydrogen) atoms. The number of carbonyl (C=O) groups is 2. The van der Waals surface area contributed by atoms with Crippen LogP contribution < -0.4 is 4.74 Å². The number of methoxy groups -OCH3 is 1. The zero-order chi connectivity index (χ0) is 19.5. The van der Waals surface area contributed by atoms with E-state index in [2.05, 4.69) is 5.92 Å². The monoisotopic (exact) mass is 346 g/mol. The predicted octanol–water partition coefficient (Wildman–Crippen LogP) is 3.77. The summed E-state index contributed by atoms with van der Waals surface area (Å²) in [5.41, 5.74) is -0.334. The van der Waals surface area contributed by atoms with Crippen molar-refractivity contribution in [1.29, 1.82) is 0 Å². The molecule has 0 aromatic heterocycles. The van der Waals surface area contributed by atoms with Gasteiger partial charge in [0.1, 0.15) is 5.75 Å². The van der Waals surface area contributed by atoms with Crippen LogP contribution in [0.1, 0.15) is 51.9 Å². The molecule has 0 saturated heterocycles. The number of benzene rings is 1. The molecule has 1 aromatic carbocycles. The Hall–Kier alpha value is -2.32. The van der Waals surface area contributed by atoms with Crippen LogP contribution in [0, 0.1) is 22.7 Å². The summed E-state index contributed by atoms with van der Waals surface area (Å²) in [6.45, 7) is 12.3. The van der Waals surface area contributed by atoms with Gasteiger partial charge in [-0.25, -0.2) is 4.79 Å². The van der Waals surface area contributed by atoms with Gasteiger partial charge in [-0.15, -0.1) is 0 Å². The molecule has 0 bridgehead atoms. The van der Waals surface area contributed by atoms with E-state index in [1.807, 2.05) is 47.5 Å². The van der Waals surface area contributed by atoms with Gasteiger partial charge in [-0.1, -0.05) is 41.5 Å². The van der Waals surface area contributed by atoms with E-state index in [4.69, 9.17) is 14.6 Å². The quantitative estimate of drug-likeness (QED) is 0.389. The van der Waals surface area contributed by atoms with Crippen molar-refractivity contribution in [2.75, 3.05) is 7.11 Å². The molecule has 0 aliphatic carbocycles. The van der Waals surface area contributed by atoms with Crippen LogP contribution >= 0.6 is 0 Å². The van der Waals surface area contributed by atoms with Crippen LogP contribution in [-0.2, 0) is 9.53 Å². The van der Waals surface area contributed by atoms with E-state index in [1.165, 1.54) is 0 Å². The van der Waals surface area contributed by atoms with Gasteiger partial charge in [0.2, 0.25) is 11.6 Å². The molecule has 5 nitrogen and oxygen atoms in total. The third kappa shape index (κ3) is 4.61. The van der Waals surface area contributed by atoms with Crippen molar-refractivity contribution in [2.24, 2.45) is 10.8 Å². The highest BCUT2D eigenvalue weighted by Gasteiger charge is 2.54. The Kier molecular flexibility index (Phi) is 6.04. The summed E-state index contributed by atoms with van der Waals surface area (Å²) in [4.78, 5) is 22.2. The molecule has 0 aliphatic rings. The molecule has 0 amide bonds. The lowest BCUT2D eigenvalue weighted by Crippen LogP contribution is -2.59. The third-order valence-corrected chi connectivity index (χ3v) is 3.92. The van der Waals surface area contributed by atoms with Crippen molar-refractivity contribution in [2.45, 2.75) is 47.3 Å². The molecule has 1 N–H and O–H groups in total. The number of carboxylic acid groups (broad SMARTS) is 1. The van der Waals surface area contributed by atoms with Crippen molar-refractivity contribution in [1.82, 2.24) is 0 Å². The number of ether oxygens (including phenoxy) is 2. The minimum atomic E-state index is -1.34. The van der Waals surface area contributed by atoms with Crippen molar-refractivity contribution in [3.8, 4) is 17.6 Å². The number of carbonyl (C=O) groups excluding carboxylic acids is 1. The number of hydrogen-bond donors (Lipinski definition) is 1. The minimum absolute atomic E-state index is 0.302. The van der Waals surface area contributed by atoms with Crippen LogP contribution in [0.2, 0.25) is 0 Å². The zero-order valence-corrected chi connectivity index (χ0v) is 15.9. The van der Waals surface area contributed by atoms with Crippen molar-refractivity contribution >= 4 is 11.8 Å². The summed E-state index contributed by atoms with van der Waals surface area (Å²) in [5, 5.41) is 8.50. The first-order valence-electron chi connectivity index (χ1n) is 7.97. The van der Waals surface area contributed by atoms with Crippen LogP contribution in [-0.4, -0.2) is 29.8 Å². The second kappa shape index (κ2) is 7.28. The van der Waals surface area contributed by atoms with E-state index >= 15 is 0 Å². The topological polar surface area (TPSA) is 72.8 Å². The average Bonchev–Trinajstić information content (AvgIpc) is 2.48. The van der Waals surface area contributed by atoms with Crippen LogP contribution in [0.3, 0.4) is 0 Å². The molecule has 0 aliphatic heterocycles. The SMILES string of the molecule is COC(Oc1ccc(C(=O)C#CC(=O)O)cc1)(C(C)(C)C)C(C)(C)C. The van der Waals surface area contributed by atoms with Gasteiger partial charge >= 0.3 is 5.97 Å². The van der Waals surface area contributed by atoms with Gasteiger partial charge in [0.25, 0.3) is 0 Å². The van der Waals surface area contributed by atoms with E-state index in [0.717, 1.165) is 0 Å². The van der Waals surface area contributed by atoms with Crippen molar-refractivity contribution < 1.29 is 24.2 Å². The molecule has 5 heteroatoms. The highest BCUT2D eigenvalue weighted by atomic mass is 16.7. The fourth-order valence-corrected chi connectivity index (χ4v) is 3.11. The highest BCUT2D eigenvalue weighted by molar-refractivity contribution is 6.11. The number of carboxylic acids is 1. The van der Waals surface area contributed by atoms with Gasteiger partial charge in [0, 0.05) is 29.4 Å². The van der Waals surface area contributed by atoms with Crippen LogP contribution in [0.4, 0.5) is 0 Å². The smallest absolute Gasteiger partial charge is 0.382 e. The summed E-state index contributed by atoms with van der Waals surface area (Å²) < 4.78 is 12.1. The molecule has 1 aromatic rings. The molecule has 136 valence electrons. The van der Waals surface area contributed by atoms with E-state index < -0.39 is 17.5 Å². The first kappa shape index (κ1) is 20.7. The van der Waals surface area contributed by atoms with Crippen molar-refractivity contribution in [3.63, 3.8) is 0 Å². The lowest BCUT2D eigenvalue weighted by molar-refractivity contribution is -0.283. The Morgan fingerprint density at radius 2 is 1.40 bits per heavy atom. The fraction of sp³-hybridized carbons (Fsp3) is 0.500. The van der Waals surface area contributed by atoms with E-state index in [-0.39, 0.29) is 10.8 Å².